The summed E-state index contributed by atoms with van der Waals surface area (Å²) in [6, 6.07) is 33.1. The van der Waals surface area contributed by atoms with Crippen LogP contribution < -0.4 is 4.74 Å². The van der Waals surface area contributed by atoms with Crippen molar-refractivity contribution in [3.05, 3.63) is 113 Å². The van der Waals surface area contributed by atoms with Crippen molar-refractivity contribution in [3.63, 3.8) is 0 Å². The average molecular weight is 360 g/mol. The Bertz CT molecular complexity index is 1170. The molecule has 4 aromatic rings. The van der Waals surface area contributed by atoms with Gasteiger partial charge in [-0.25, -0.2) is 0 Å². The van der Waals surface area contributed by atoms with Gasteiger partial charge < -0.3 is 4.74 Å². The highest BCUT2D eigenvalue weighted by atomic mass is 16.5. The third-order valence-electron chi connectivity index (χ3n) is 6.27. The molecule has 1 heteroatoms. The average Bonchev–Trinajstić information content (AvgIpc) is 3.22. The van der Waals surface area contributed by atoms with Gasteiger partial charge in [0.1, 0.15) is 5.75 Å². The minimum absolute atomic E-state index is 0.315. The Hall–Kier alpha value is -3.32. The molecule has 0 atom stereocenters. The monoisotopic (exact) mass is 360 g/mol. The quantitative estimate of drug-likeness (QED) is 0.346. The maximum Gasteiger partial charge on any atom is 0.124 e. The summed E-state index contributed by atoms with van der Waals surface area (Å²) < 4.78 is 6.20. The number of benzene rings is 4. The Morgan fingerprint density at radius 2 is 1.04 bits per heavy atom. The van der Waals surface area contributed by atoms with Gasteiger partial charge in [-0.2, -0.15) is 0 Å². The largest absolute Gasteiger partial charge is 0.494 e. The fourth-order valence-electron chi connectivity index (χ4n) is 5.39. The minimum Gasteiger partial charge on any atom is -0.494 e. The predicted octanol–water partition coefficient (Wildman–Crippen LogP) is 6.43. The highest BCUT2D eigenvalue weighted by molar-refractivity contribution is 5.96. The Balaban J connectivity index is 1.85. The van der Waals surface area contributed by atoms with Crippen LogP contribution in [-0.2, 0) is 5.41 Å². The summed E-state index contributed by atoms with van der Waals surface area (Å²) in [5, 5.41) is 0. The molecule has 6 rings (SSSR count). The highest BCUT2D eigenvalue weighted by Gasteiger charge is 2.52. The Kier molecular flexibility index (Phi) is 3.14. The SMILES string of the molecule is CCOc1cccc2c1C1(c3ccccc3-c3ccccc31)c1ccccc1-2. The first-order chi connectivity index (χ1) is 13.9. The van der Waals surface area contributed by atoms with E-state index in [0.717, 1.165) is 5.75 Å². The minimum atomic E-state index is -0.315. The van der Waals surface area contributed by atoms with E-state index in [0.29, 0.717) is 6.61 Å². The molecule has 2 aliphatic carbocycles. The van der Waals surface area contributed by atoms with Gasteiger partial charge in [-0.1, -0.05) is 84.9 Å². The summed E-state index contributed by atoms with van der Waals surface area (Å²) in [7, 11) is 0. The molecule has 134 valence electrons. The van der Waals surface area contributed by atoms with Crippen LogP contribution >= 0.6 is 0 Å². The van der Waals surface area contributed by atoms with E-state index in [-0.39, 0.29) is 5.41 Å². The normalized spacial score (nSPS) is 14.3. The van der Waals surface area contributed by atoms with Crippen LogP contribution in [-0.4, -0.2) is 6.61 Å². The molecule has 0 N–H and O–H groups in total. The molecule has 0 bridgehead atoms. The lowest BCUT2D eigenvalue weighted by Crippen LogP contribution is -2.26. The van der Waals surface area contributed by atoms with E-state index in [2.05, 4.69) is 97.9 Å². The second-order valence-corrected chi connectivity index (χ2v) is 7.50. The van der Waals surface area contributed by atoms with Crippen LogP contribution in [0.25, 0.3) is 22.3 Å². The molecule has 0 amide bonds. The number of hydrogen-bond acceptors (Lipinski definition) is 1. The second-order valence-electron chi connectivity index (χ2n) is 7.50. The van der Waals surface area contributed by atoms with Crippen LogP contribution in [0, 0.1) is 0 Å². The number of hydrogen-bond donors (Lipinski definition) is 0. The molecule has 2 aliphatic rings. The lowest BCUT2D eigenvalue weighted by molar-refractivity contribution is 0.334. The first kappa shape index (κ1) is 15.7. The zero-order valence-corrected chi connectivity index (χ0v) is 15.8. The smallest absolute Gasteiger partial charge is 0.124 e. The van der Waals surface area contributed by atoms with E-state index >= 15 is 0 Å². The van der Waals surface area contributed by atoms with Crippen LogP contribution in [0.1, 0.15) is 29.2 Å². The van der Waals surface area contributed by atoms with Crippen LogP contribution in [0.2, 0.25) is 0 Å². The maximum absolute atomic E-state index is 6.20. The standard InChI is InChI=1S/C27H20O/c1-2-28-25-17-9-13-21-20-12-5-8-16-24(20)27(26(21)25)22-14-6-3-10-18(22)19-11-4-7-15-23(19)27/h3-17H,2H2,1H3. The summed E-state index contributed by atoms with van der Waals surface area (Å²) in [4.78, 5) is 0. The molecule has 0 fully saturated rings. The van der Waals surface area contributed by atoms with Crippen molar-refractivity contribution in [1.29, 1.82) is 0 Å². The molecule has 4 aromatic carbocycles. The van der Waals surface area contributed by atoms with Gasteiger partial charge in [-0.3, -0.25) is 0 Å². The third kappa shape index (κ3) is 1.72. The topological polar surface area (TPSA) is 9.23 Å². The summed E-state index contributed by atoms with van der Waals surface area (Å²) in [5.41, 5.74) is 10.3. The maximum atomic E-state index is 6.20. The van der Waals surface area contributed by atoms with Gasteiger partial charge in [0, 0.05) is 5.56 Å². The van der Waals surface area contributed by atoms with E-state index in [4.69, 9.17) is 4.74 Å². The summed E-state index contributed by atoms with van der Waals surface area (Å²) in [6.07, 6.45) is 0. The fourth-order valence-corrected chi connectivity index (χ4v) is 5.39. The van der Waals surface area contributed by atoms with Crippen LogP contribution in [0.5, 0.6) is 5.75 Å². The molecule has 1 nitrogen and oxygen atoms in total. The predicted molar refractivity (Wildman–Crippen MR) is 114 cm³/mol. The van der Waals surface area contributed by atoms with Gasteiger partial charge in [-0.05, 0) is 51.9 Å². The third-order valence-corrected chi connectivity index (χ3v) is 6.27. The fraction of sp³-hybridized carbons (Fsp3) is 0.111. The highest BCUT2D eigenvalue weighted by Crippen LogP contribution is 2.64. The number of ether oxygens (including phenoxy) is 1. The molecular weight excluding hydrogens is 340 g/mol. The van der Waals surface area contributed by atoms with Gasteiger partial charge in [0.15, 0.2) is 0 Å². The van der Waals surface area contributed by atoms with Gasteiger partial charge in [0.2, 0.25) is 0 Å². The van der Waals surface area contributed by atoms with Crippen LogP contribution in [0.4, 0.5) is 0 Å². The van der Waals surface area contributed by atoms with E-state index in [9.17, 15) is 0 Å². The Morgan fingerprint density at radius 3 is 1.57 bits per heavy atom. The van der Waals surface area contributed by atoms with Crippen molar-refractivity contribution in [1.82, 2.24) is 0 Å². The molecule has 0 heterocycles. The first-order valence-corrected chi connectivity index (χ1v) is 9.93. The molecule has 0 radical (unpaired) electrons. The molecule has 0 aromatic heterocycles. The van der Waals surface area contributed by atoms with E-state index in [1.54, 1.807) is 0 Å². The van der Waals surface area contributed by atoms with Crippen molar-refractivity contribution in [2.24, 2.45) is 0 Å². The molecular formula is C27H20O. The van der Waals surface area contributed by atoms with Crippen molar-refractivity contribution >= 4 is 0 Å². The van der Waals surface area contributed by atoms with E-state index in [1.807, 2.05) is 0 Å². The Labute approximate surface area is 165 Å². The van der Waals surface area contributed by atoms with Gasteiger partial charge in [-0.15, -0.1) is 0 Å². The summed E-state index contributed by atoms with van der Waals surface area (Å²) in [6.45, 7) is 2.72. The van der Waals surface area contributed by atoms with Crippen molar-refractivity contribution in [2.45, 2.75) is 12.3 Å². The molecule has 0 saturated carbocycles. The molecule has 0 aliphatic heterocycles. The van der Waals surface area contributed by atoms with Crippen LogP contribution in [0.3, 0.4) is 0 Å². The number of fused-ring (bicyclic) bond motifs is 10. The Morgan fingerprint density at radius 1 is 0.571 bits per heavy atom. The first-order valence-electron chi connectivity index (χ1n) is 9.93. The molecule has 0 saturated heterocycles. The lowest BCUT2D eigenvalue weighted by atomic mass is 9.70. The van der Waals surface area contributed by atoms with E-state index < -0.39 is 0 Å². The van der Waals surface area contributed by atoms with Crippen molar-refractivity contribution < 1.29 is 4.74 Å². The zero-order valence-electron chi connectivity index (χ0n) is 15.8. The zero-order chi connectivity index (χ0) is 18.7. The molecule has 28 heavy (non-hydrogen) atoms. The second kappa shape index (κ2) is 5.59. The molecule has 1 spiro atoms. The van der Waals surface area contributed by atoms with Crippen molar-refractivity contribution in [2.75, 3.05) is 6.61 Å². The van der Waals surface area contributed by atoms with Gasteiger partial charge in [0.05, 0.1) is 12.0 Å². The van der Waals surface area contributed by atoms with Gasteiger partial charge >= 0.3 is 0 Å². The molecule has 0 unspecified atom stereocenters. The summed E-state index contributed by atoms with van der Waals surface area (Å²) in [5.74, 6) is 0.989. The van der Waals surface area contributed by atoms with Gasteiger partial charge in [0.25, 0.3) is 0 Å². The van der Waals surface area contributed by atoms with E-state index in [1.165, 1.54) is 44.5 Å². The van der Waals surface area contributed by atoms with Crippen LogP contribution in [0.15, 0.2) is 91.0 Å². The van der Waals surface area contributed by atoms with Crippen molar-refractivity contribution in [3.8, 4) is 28.0 Å². The summed E-state index contributed by atoms with van der Waals surface area (Å²) >= 11 is 0. The lowest BCUT2D eigenvalue weighted by Gasteiger charge is -2.31. The number of rotatable bonds is 2.